The van der Waals surface area contributed by atoms with Crippen LogP contribution in [0.2, 0.25) is 0 Å². The van der Waals surface area contributed by atoms with Crippen molar-refractivity contribution in [3.8, 4) is 0 Å². The fourth-order valence-corrected chi connectivity index (χ4v) is 4.41. The molecule has 122 valence electrons. The van der Waals surface area contributed by atoms with E-state index in [2.05, 4.69) is 13.8 Å². The van der Waals surface area contributed by atoms with Gasteiger partial charge in [-0.2, -0.15) is 13.2 Å². The fourth-order valence-electron chi connectivity index (χ4n) is 4.41. The van der Waals surface area contributed by atoms with E-state index in [-0.39, 0.29) is 0 Å². The van der Waals surface area contributed by atoms with Crippen molar-refractivity contribution in [3.63, 3.8) is 0 Å². The van der Waals surface area contributed by atoms with Gasteiger partial charge in [0.1, 0.15) is 0 Å². The van der Waals surface area contributed by atoms with Crippen LogP contribution < -0.4 is 0 Å². The molecule has 0 heterocycles. The van der Waals surface area contributed by atoms with Gasteiger partial charge in [0.2, 0.25) is 0 Å². The van der Waals surface area contributed by atoms with Crippen LogP contribution in [-0.4, -0.2) is 18.2 Å². The monoisotopic (exact) mass is 306 g/mol. The van der Waals surface area contributed by atoms with E-state index < -0.39 is 23.7 Å². The molecule has 0 saturated heterocycles. The molecule has 0 N–H and O–H groups in total. The molecule has 0 amide bonds. The lowest BCUT2D eigenvalue weighted by atomic mass is 9.56. The first kappa shape index (κ1) is 16.6. The number of hydrogen-bond acceptors (Lipinski definition) is 2. The topological polar surface area (TPSA) is 26.3 Å². The summed E-state index contributed by atoms with van der Waals surface area (Å²) in [5, 5.41) is 0. The highest BCUT2D eigenvalue weighted by molar-refractivity contribution is 5.77. The molecular weight excluding hydrogens is 281 g/mol. The number of rotatable bonds is 3. The largest absolute Gasteiger partial charge is 0.453 e. The Kier molecular flexibility index (Phi) is 4.60. The summed E-state index contributed by atoms with van der Waals surface area (Å²) in [7, 11) is 0. The van der Waals surface area contributed by atoms with Crippen LogP contribution in [0.15, 0.2) is 0 Å². The van der Waals surface area contributed by atoms with Gasteiger partial charge < -0.3 is 4.74 Å². The number of esters is 1. The molecule has 2 nitrogen and oxygen atoms in total. The van der Waals surface area contributed by atoms with Crippen molar-refractivity contribution in [2.24, 2.45) is 23.2 Å². The van der Waals surface area contributed by atoms with Crippen molar-refractivity contribution in [1.29, 1.82) is 0 Å². The molecule has 21 heavy (non-hydrogen) atoms. The third-order valence-corrected chi connectivity index (χ3v) is 5.26. The van der Waals surface area contributed by atoms with E-state index in [4.69, 9.17) is 4.74 Å². The quantitative estimate of drug-likeness (QED) is 0.705. The Hall–Kier alpha value is -0.740. The number of carbonyl (C=O) groups is 1. The lowest BCUT2D eigenvalue weighted by Gasteiger charge is -2.48. The van der Waals surface area contributed by atoms with E-state index in [1.165, 1.54) is 0 Å². The van der Waals surface area contributed by atoms with Crippen molar-refractivity contribution in [2.45, 2.75) is 71.6 Å². The zero-order chi connectivity index (χ0) is 15.8. The van der Waals surface area contributed by atoms with Crippen LogP contribution in [0.3, 0.4) is 0 Å². The van der Waals surface area contributed by atoms with Crippen LogP contribution in [0.1, 0.15) is 59.3 Å². The maximum Gasteiger partial charge on any atom is 0.425 e. The third kappa shape index (κ3) is 3.54. The highest BCUT2D eigenvalue weighted by atomic mass is 19.4. The molecule has 2 bridgehead atoms. The molecule has 0 aliphatic heterocycles. The van der Waals surface area contributed by atoms with Crippen LogP contribution in [0.5, 0.6) is 0 Å². The minimum absolute atomic E-state index is 0.385. The molecule has 2 aliphatic rings. The summed E-state index contributed by atoms with van der Waals surface area (Å²) in [5.74, 6) is 0.656. The number of halogens is 3. The average molecular weight is 306 g/mol. The summed E-state index contributed by atoms with van der Waals surface area (Å²) in [4.78, 5) is 12.5. The summed E-state index contributed by atoms with van der Waals surface area (Å²) in [6.07, 6.45) is -1.27. The first-order valence-electron chi connectivity index (χ1n) is 7.94. The number of ether oxygens (including phenoxy) is 1. The summed E-state index contributed by atoms with van der Waals surface area (Å²) < 4.78 is 42.7. The van der Waals surface area contributed by atoms with E-state index in [1.807, 2.05) is 0 Å². The van der Waals surface area contributed by atoms with Gasteiger partial charge in [-0.05, 0) is 56.8 Å². The van der Waals surface area contributed by atoms with Gasteiger partial charge in [-0.25, -0.2) is 0 Å². The Balaban J connectivity index is 2.15. The predicted octanol–water partition coefficient (Wildman–Crippen LogP) is 4.72. The van der Waals surface area contributed by atoms with Crippen molar-refractivity contribution in [2.75, 3.05) is 0 Å². The van der Waals surface area contributed by atoms with E-state index in [1.54, 1.807) is 0 Å². The minimum atomic E-state index is -4.48. The lowest BCUT2D eigenvalue weighted by Crippen LogP contribution is -2.47. The summed E-state index contributed by atoms with van der Waals surface area (Å²) in [5.41, 5.74) is -0.680. The molecule has 2 fully saturated rings. The zero-order valence-electron chi connectivity index (χ0n) is 13.0. The summed E-state index contributed by atoms with van der Waals surface area (Å²) in [6.45, 7) is 5.10. The second kappa shape index (κ2) is 5.81. The van der Waals surface area contributed by atoms with E-state index in [0.717, 1.165) is 26.2 Å². The Morgan fingerprint density at radius 2 is 1.95 bits per heavy atom. The van der Waals surface area contributed by atoms with Crippen molar-refractivity contribution >= 4 is 5.97 Å². The maximum absolute atomic E-state index is 12.6. The summed E-state index contributed by atoms with van der Waals surface area (Å²) >= 11 is 0. The number of alkyl halides is 3. The van der Waals surface area contributed by atoms with Gasteiger partial charge in [0.15, 0.2) is 6.10 Å². The van der Waals surface area contributed by atoms with Gasteiger partial charge in [0.25, 0.3) is 0 Å². The second-order valence-corrected chi connectivity index (χ2v) is 7.20. The minimum Gasteiger partial charge on any atom is -0.453 e. The SMILES string of the molecule is CCC1CC2CC(C)CC(C(=O)OC(C)C(F)(F)F)(C1)C2. The van der Waals surface area contributed by atoms with Gasteiger partial charge in [-0.15, -0.1) is 0 Å². The van der Waals surface area contributed by atoms with Gasteiger partial charge in [-0.1, -0.05) is 20.3 Å². The van der Waals surface area contributed by atoms with Gasteiger partial charge in [-0.3, -0.25) is 4.79 Å². The maximum atomic E-state index is 12.6. The van der Waals surface area contributed by atoms with Crippen molar-refractivity contribution in [3.05, 3.63) is 0 Å². The molecular formula is C16H25F3O2. The van der Waals surface area contributed by atoms with Gasteiger partial charge in [0.05, 0.1) is 5.41 Å². The van der Waals surface area contributed by atoms with Crippen molar-refractivity contribution in [1.82, 2.24) is 0 Å². The zero-order valence-corrected chi connectivity index (χ0v) is 13.0. The van der Waals surface area contributed by atoms with Crippen molar-refractivity contribution < 1.29 is 22.7 Å². The van der Waals surface area contributed by atoms with Crippen LogP contribution >= 0.6 is 0 Å². The molecule has 2 aliphatic carbocycles. The lowest BCUT2D eigenvalue weighted by molar-refractivity contribution is -0.225. The number of hydrogen-bond donors (Lipinski definition) is 0. The van der Waals surface area contributed by atoms with Gasteiger partial charge >= 0.3 is 12.1 Å². The second-order valence-electron chi connectivity index (χ2n) is 7.20. The number of fused-ring (bicyclic) bond motifs is 2. The third-order valence-electron chi connectivity index (χ3n) is 5.26. The normalized spacial score (nSPS) is 37.9. The summed E-state index contributed by atoms with van der Waals surface area (Å²) in [6, 6.07) is 0. The van der Waals surface area contributed by atoms with Crippen LogP contribution in [-0.2, 0) is 9.53 Å². The highest BCUT2D eigenvalue weighted by Gasteiger charge is 2.52. The molecule has 5 unspecified atom stereocenters. The standard InChI is InChI=1S/C16H25F3O2/c1-4-12-6-13-5-10(2)7-15(8-12,9-13)14(20)21-11(3)16(17,18)19/h10-13H,4-9H2,1-3H3. The molecule has 5 atom stereocenters. The van der Waals surface area contributed by atoms with Gasteiger partial charge in [0, 0.05) is 0 Å². The molecule has 0 aromatic carbocycles. The molecule has 0 spiro atoms. The van der Waals surface area contributed by atoms with E-state index in [9.17, 15) is 18.0 Å². The molecule has 0 aromatic rings. The Morgan fingerprint density at radius 3 is 2.52 bits per heavy atom. The van der Waals surface area contributed by atoms with Crippen LogP contribution in [0.4, 0.5) is 13.2 Å². The Morgan fingerprint density at radius 1 is 1.29 bits per heavy atom. The molecule has 0 aromatic heterocycles. The molecule has 2 rings (SSSR count). The molecule has 0 radical (unpaired) electrons. The van der Waals surface area contributed by atoms with E-state index >= 15 is 0 Å². The first-order chi connectivity index (χ1) is 9.66. The van der Waals surface area contributed by atoms with Crippen LogP contribution in [0.25, 0.3) is 0 Å². The predicted molar refractivity (Wildman–Crippen MR) is 73.6 cm³/mol. The average Bonchev–Trinajstić information content (AvgIpc) is 2.35. The Labute approximate surface area is 124 Å². The smallest absolute Gasteiger partial charge is 0.425 e. The van der Waals surface area contributed by atoms with Crippen LogP contribution in [0, 0.1) is 23.2 Å². The first-order valence-corrected chi connectivity index (χ1v) is 7.94. The van der Waals surface area contributed by atoms with E-state index in [0.29, 0.717) is 37.0 Å². The fraction of sp³-hybridized carbons (Fsp3) is 0.938. The highest BCUT2D eigenvalue weighted by Crippen LogP contribution is 2.54. The Bertz CT molecular complexity index is 389. The molecule has 5 heteroatoms. The number of carbonyl (C=O) groups excluding carboxylic acids is 1. The molecule has 2 saturated carbocycles.